The average molecular weight is 205 g/mol. The molecule has 7 nitrogen and oxygen atoms in total. The normalized spacial score (nSPS) is 11.9. The zero-order chi connectivity index (χ0) is 11.0. The van der Waals surface area contributed by atoms with Gasteiger partial charge in [-0.3, -0.25) is 0 Å². The summed E-state index contributed by atoms with van der Waals surface area (Å²) in [6, 6.07) is -0.423. The Morgan fingerprint density at radius 3 is 2.36 bits per heavy atom. The van der Waals surface area contributed by atoms with Crippen LogP contribution in [0.4, 0.5) is 4.79 Å². The summed E-state index contributed by atoms with van der Waals surface area (Å²) < 4.78 is 0. The Balaban J connectivity index is 3.44. The van der Waals surface area contributed by atoms with E-state index in [1.807, 2.05) is 0 Å². The summed E-state index contributed by atoms with van der Waals surface area (Å²) in [7, 11) is 0. The van der Waals surface area contributed by atoms with Gasteiger partial charge in [0.05, 0.1) is 0 Å². The topological polar surface area (TPSA) is 125 Å². The van der Waals surface area contributed by atoms with E-state index in [1.54, 1.807) is 0 Å². The van der Waals surface area contributed by atoms with Crippen molar-refractivity contribution in [3.05, 3.63) is 0 Å². The fraction of sp³-hybridized carbons (Fsp3) is 0.714. The summed E-state index contributed by atoms with van der Waals surface area (Å²) in [5.41, 5.74) is 5.13. The van der Waals surface area contributed by atoms with Gasteiger partial charge in [0.25, 0.3) is 0 Å². The number of aliphatic hydroxyl groups excluding tert-OH is 1. The third kappa shape index (κ3) is 6.21. The zero-order valence-corrected chi connectivity index (χ0v) is 7.69. The highest BCUT2D eigenvalue weighted by Crippen LogP contribution is 1.88. The Bertz CT molecular complexity index is 197. The van der Waals surface area contributed by atoms with Gasteiger partial charge in [-0.15, -0.1) is 0 Å². The third-order valence-corrected chi connectivity index (χ3v) is 1.42. The number of rotatable bonds is 6. The second-order valence-electron chi connectivity index (χ2n) is 2.61. The van der Waals surface area contributed by atoms with Crippen LogP contribution in [0.25, 0.3) is 0 Å². The van der Waals surface area contributed by atoms with E-state index >= 15 is 0 Å². The first-order valence-electron chi connectivity index (χ1n) is 4.20. The lowest BCUT2D eigenvalue weighted by molar-refractivity contribution is -0.146. The fourth-order valence-corrected chi connectivity index (χ4v) is 0.694. The maximum atomic E-state index is 10.8. The lowest BCUT2D eigenvalue weighted by Crippen LogP contribution is -2.39. The minimum Gasteiger partial charge on any atom is -0.479 e. The lowest BCUT2D eigenvalue weighted by atomic mass is 10.2. The first-order chi connectivity index (χ1) is 6.57. The highest BCUT2D eigenvalue weighted by molar-refractivity contribution is 5.74. The smallest absolute Gasteiger partial charge is 0.332 e. The minimum atomic E-state index is -1.44. The number of amides is 2. The van der Waals surface area contributed by atoms with Crippen molar-refractivity contribution in [3.8, 4) is 0 Å². The summed E-state index contributed by atoms with van der Waals surface area (Å²) in [5, 5.41) is 21.9. The molecule has 0 aromatic rings. The Morgan fingerprint density at radius 1 is 1.29 bits per heavy atom. The summed E-state index contributed by atoms with van der Waals surface area (Å²) in [4.78, 5) is 21.0. The van der Waals surface area contributed by atoms with E-state index in [0.29, 0.717) is 13.1 Å². The summed E-state index contributed by atoms with van der Waals surface area (Å²) >= 11 is 0. The third-order valence-electron chi connectivity index (χ3n) is 1.42. The molecule has 82 valence electrons. The van der Waals surface area contributed by atoms with Gasteiger partial charge in [0.1, 0.15) is 0 Å². The molecule has 1 unspecified atom stereocenters. The number of carboxylic acids is 1. The highest BCUT2D eigenvalue weighted by Gasteiger charge is 2.12. The van der Waals surface area contributed by atoms with Gasteiger partial charge in [-0.1, -0.05) is 0 Å². The number of hydrogen-bond donors (Lipinski definition) is 5. The first-order valence-corrected chi connectivity index (χ1v) is 4.20. The molecular weight excluding hydrogens is 190 g/mol. The molecule has 2 amide bonds. The molecule has 0 aliphatic heterocycles. The molecule has 0 saturated carbocycles. The van der Waals surface area contributed by atoms with Crippen LogP contribution in [0.2, 0.25) is 0 Å². The number of aliphatic carboxylic acids is 1. The molecule has 0 radical (unpaired) electrons. The van der Waals surface area contributed by atoms with Crippen LogP contribution in [0, 0.1) is 0 Å². The van der Waals surface area contributed by atoms with Gasteiger partial charge in [-0.05, 0) is 0 Å². The molecule has 0 aromatic heterocycles. The molecule has 0 aliphatic rings. The fourth-order valence-electron chi connectivity index (χ4n) is 0.694. The maximum Gasteiger partial charge on any atom is 0.332 e. The van der Waals surface area contributed by atoms with E-state index in [9.17, 15) is 9.59 Å². The van der Waals surface area contributed by atoms with E-state index < -0.39 is 18.1 Å². The minimum absolute atomic E-state index is 0.0224. The van der Waals surface area contributed by atoms with Crippen LogP contribution < -0.4 is 16.4 Å². The lowest BCUT2D eigenvalue weighted by Gasteiger charge is -2.07. The molecule has 0 heterocycles. The second kappa shape index (κ2) is 7.10. The maximum absolute atomic E-state index is 10.8. The Morgan fingerprint density at radius 2 is 1.86 bits per heavy atom. The van der Waals surface area contributed by atoms with Gasteiger partial charge in [0.15, 0.2) is 6.10 Å². The molecule has 0 rings (SSSR count). The van der Waals surface area contributed by atoms with Gasteiger partial charge < -0.3 is 26.6 Å². The molecule has 0 bridgehead atoms. The SMILES string of the molecule is NCCNC(=O)NCCC(O)C(=O)O. The Labute approximate surface area is 81.3 Å². The van der Waals surface area contributed by atoms with Crippen LogP contribution in [-0.4, -0.2) is 48.0 Å². The van der Waals surface area contributed by atoms with Crippen molar-refractivity contribution >= 4 is 12.0 Å². The van der Waals surface area contributed by atoms with Crippen LogP contribution in [-0.2, 0) is 4.79 Å². The Hall–Kier alpha value is -1.34. The Kier molecular flexibility index (Phi) is 6.42. The van der Waals surface area contributed by atoms with Gasteiger partial charge >= 0.3 is 12.0 Å². The molecule has 6 N–H and O–H groups in total. The number of nitrogens with one attached hydrogen (secondary N) is 2. The van der Waals surface area contributed by atoms with Crippen molar-refractivity contribution in [2.45, 2.75) is 12.5 Å². The monoisotopic (exact) mass is 205 g/mol. The van der Waals surface area contributed by atoms with Crippen LogP contribution in [0.15, 0.2) is 0 Å². The standard InChI is InChI=1S/C7H15N3O4/c8-2-4-10-7(14)9-3-1-5(11)6(12)13/h5,11H,1-4,8H2,(H,12,13)(H2,9,10,14). The molecule has 7 heteroatoms. The zero-order valence-electron chi connectivity index (χ0n) is 7.69. The molecule has 0 fully saturated rings. The number of carbonyl (C=O) groups excluding carboxylic acids is 1. The predicted molar refractivity (Wildman–Crippen MR) is 48.7 cm³/mol. The number of hydrogen-bond acceptors (Lipinski definition) is 4. The van der Waals surface area contributed by atoms with Crippen molar-refractivity contribution < 1.29 is 19.8 Å². The number of carboxylic acid groups (broad SMARTS) is 1. The van der Waals surface area contributed by atoms with Crippen molar-refractivity contribution in [2.75, 3.05) is 19.6 Å². The van der Waals surface area contributed by atoms with E-state index in [-0.39, 0.29) is 13.0 Å². The molecule has 0 saturated heterocycles. The van der Waals surface area contributed by atoms with Gasteiger partial charge in [0.2, 0.25) is 0 Å². The van der Waals surface area contributed by atoms with Crippen LogP contribution in [0.5, 0.6) is 0 Å². The van der Waals surface area contributed by atoms with Crippen molar-refractivity contribution in [1.82, 2.24) is 10.6 Å². The molecule has 0 spiro atoms. The summed E-state index contributed by atoms with van der Waals surface area (Å²) in [5.74, 6) is -1.30. The number of nitrogens with two attached hydrogens (primary N) is 1. The van der Waals surface area contributed by atoms with Gasteiger partial charge in [-0.2, -0.15) is 0 Å². The molecule has 14 heavy (non-hydrogen) atoms. The van der Waals surface area contributed by atoms with E-state index in [1.165, 1.54) is 0 Å². The van der Waals surface area contributed by atoms with Crippen molar-refractivity contribution in [2.24, 2.45) is 5.73 Å². The van der Waals surface area contributed by atoms with Crippen molar-refractivity contribution in [3.63, 3.8) is 0 Å². The largest absolute Gasteiger partial charge is 0.479 e. The highest BCUT2D eigenvalue weighted by atomic mass is 16.4. The average Bonchev–Trinajstić information content (AvgIpc) is 2.14. The summed E-state index contributed by atoms with van der Waals surface area (Å²) in [6.45, 7) is 0.794. The first kappa shape index (κ1) is 12.7. The predicted octanol–water partition coefficient (Wildman–Crippen LogP) is -1.92. The van der Waals surface area contributed by atoms with Gasteiger partial charge in [0, 0.05) is 26.1 Å². The molecule has 1 atom stereocenters. The number of carbonyl (C=O) groups is 2. The number of urea groups is 1. The second-order valence-corrected chi connectivity index (χ2v) is 2.61. The quantitative estimate of drug-likeness (QED) is 0.345. The molecular formula is C7H15N3O4. The van der Waals surface area contributed by atoms with Crippen LogP contribution >= 0.6 is 0 Å². The van der Waals surface area contributed by atoms with Crippen molar-refractivity contribution in [1.29, 1.82) is 0 Å². The van der Waals surface area contributed by atoms with Gasteiger partial charge in [-0.25, -0.2) is 9.59 Å². The van der Waals surface area contributed by atoms with Crippen LogP contribution in [0.3, 0.4) is 0 Å². The van der Waals surface area contributed by atoms with Crippen LogP contribution in [0.1, 0.15) is 6.42 Å². The number of aliphatic hydroxyl groups is 1. The summed E-state index contributed by atoms with van der Waals surface area (Å²) in [6.07, 6.45) is -1.46. The molecule has 0 aliphatic carbocycles. The van der Waals surface area contributed by atoms with E-state index in [0.717, 1.165) is 0 Å². The van der Waals surface area contributed by atoms with E-state index in [2.05, 4.69) is 10.6 Å². The molecule has 0 aromatic carbocycles. The van der Waals surface area contributed by atoms with E-state index in [4.69, 9.17) is 15.9 Å².